The number of anilines is 1. The molecule has 0 amide bonds. The summed E-state index contributed by atoms with van der Waals surface area (Å²) in [5, 5.41) is 8.06. The molecule has 0 spiro atoms. The predicted molar refractivity (Wildman–Crippen MR) is 62.2 cm³/mol. The number of rotatable bonds is 2. The van der Waals surface area contributed by atoms with Gasteiger partial charge in [0.15, 0.2) is 0 Å². The molecule has 0 bridgehead atoms. The topological polar surface area (TPSA) is 68.2 Å². The minimum atomic E-state index is -0.191. The zero-order chi connectivity index (χ0) is 11.5. The van der Waals surface area contributed by atoms with Crippen LogP contribution in [0.1, 0.15) is 51.5 Å². The first-order valence-electron chi connectivity index (χ1n) is 6.04. The largest absolute Gasteiger partial charge is 0.406 e. The Labute approximate surface area is 96.0 Å². The Morgan fingerprint density at radius 3 is 2.88 bits per heavy atom. The van der Waals surface area contributed by atoms with E-state index < -0.39 is 0 Å². The van der Waals surface area contributed by atoms with Crippen molar-refractivity contribution < 1.29 is 4.42 Å². The predicted octanol–water partition coefficient (Wildman–Crippen LogP) is 1.86. The van der Waals surface area contributed by atoms with Crippen molar-refractivity contribution in [3.8, 4) is 0 Å². The molecular weight excluding hydrogens is 204 g/mol. The van der Waals surface area contributed by atoms with Gasteiger partial charge in [0.25, 0.3) is 0 Å². The van der Waals surface area contributed by atoms with Crippen LogP contribution in [0.2, 0.25) is 0 Å². The summed E-state index contributed by atoms with van der Waals surface area (Å²) in [6.07, 6.45) is 4.96. The Morgan fingerprint density at radius 2 is 2.19 bits per heavy atom. The van der Waals surface area contributed by atoms with Gasteiger partial charge in [0.05, 0.1) is 6.04 Å². The van der Waals surface area contributed by atoms with Crippen LogP contribution < -0.4 is 10.6 Å². The van der Waals surface area contributed by atoms with E-state index in [2.05, 4.69) is 22.0 Å². The SMILES string of the molecule is CC(N)c1nnc(N2CCCCCC2C)o1. The van der Waals surface area contributed by atoms with E-state index in [1.807, 2.05) is 6.92 Å². The maximum atomic E-state index is 5.71. The Balaban J connectivity index is 2.14. The van der Waals surface area contributed by atoms with Crippen molar-refractivity contribution in [1.29, 1.82) is 0 Å². The average molecular weight is 224 g/mol. The minimum absolute atomic E-state index is 0.191. The van der Waals surface area contributed by atoms with Crippen LogP contribution in [0.4, 0.5) is 6.01 Å². The fourth-order valence-electron chi connectivity index (χ4n) is 2.09. The standard InChI is InChI=1S/C11H20N4O/c1-8-6-4-3-5-7-15(8)11-14-13-10(16-11)9(2)12/h8-9H,3-7,12H2,1-2H3. The summed E-state index contributed by atoms with van der Waals surface area (Å²) < 4.78 is 5.59. The maximum absolute atomic E-state index is 5.71. The third kappa shape index (κ3) is 2.35. The minimum Gasteiger partial charge on any atom is -0.406 e. The van der Waals surface area contributed by atoms with Gasteiger partial charge < -0.3 is 15.1 Å². The first-order chi connectivity index (χ1) is 7.68. The second-order valence-electron chi connectivity index (χ2n) is 4.60. The lowest BCUT2D eigenvalue weighted by atomic mass is 10.1. The van der Waals surface area contributed by atoms with Crippen LogP contribution in [0, 0.1) is 0 Å². The van der Waals surface area contributed by atoms with E-state index in [0.29, 0.717) is 17.9 Å². The third-order valence-corrected chi connectivity index (χ3v) is 3.12. The van der Waals surface area contributed by atoms with Crippen molar-refractivity contribution in [3.63, 3.8) is 0 Å². The molecule has 1 saturated heterocycles. The van der Waals surface area contributed by atoms with E-state index in [4.69, 9.17) is 10.2 Å². The lowest BCUT2D eigenvalue weighted by molar-refractivity contribution is 0.443. The smallest absolute Gasteiger partial charge is 0.318 e. The Bertz CT molecular complexity index is 336. The van der Waals surface area contributed by atoms with E-state index in [1.54, 1.807) is 0 Å². The number of hydrogen-bond acceptors (Lipinski definition) is 5. The van der Waals surface area contributed by atoms with Crippen LogP contribution >= 0.6 is 0 Å². The molecule has 1 aromatic rings. The molecule has 2 heterocycles. The Morgan fingerprint density at radius 1 is 1.38 bits per heavy atom. The Kier molecular flexibility index (Phi) is 3.43. The van der Waals surface area contributed by atoms with E-state index in [1.165, 1.54) is 25.7 Å². The zero-order valence-electron chi connectivity index (χ0n) is 10.0. The molecule has 0 radical (unpaired) electrons. The first-order valence-corrected chi connectivity index (χ1v) is 6.04. The van der Waals surface area contributed by atoms with Gasteiger partial charge in [-0.15, -0.1) is 5.10 Å². The van der Waals surface area contributed by atoms with Crippen LogP contribution in [-0.4, -0.2) is 22.8 Å². The van der Waals surface area contributed by atoms with Gasteiger partial charge in [0.2, 0.25) is 5.89 Å². The van der Waals surface area contributed by atoms with Gasteiger partial charge in [0, 0.05) is 12.6 Å². The van der Waals surface area contributed by atoms with Crippen molar-refractivity contribution in [2.24, 2.45) is 5.73 Å². The molecule has 2 unspecified atom stereocenters. The highest BCUT2D eigenvalue weighted by molar-refractivity contribution is 5.26. The van der Waals surface area contributed by atoms with Gasteiger partial charge in [-0.2, -0.15) is 0 Å². The molecule has 16 heavy (non-hydrogen) atoms. The summed E-state index contributed by atoms with van der Waals surface area (Å²) in [7, 11) is 0. The zero-order valence-corrected chi connectivity index (χ0v) is 10.0. The quantitative estimate of drug-likeness (QED) is 0.830. The highest BCUT2D eigenvalue weighted by atomic mass is 16.4. The molecule has 1 aliphatic heterocycles. The van der Waals surface area contributed by atoms with Gasteiger partial charge in [-0.1, -0.05) is 17.9 Å². The van der Waals surface area contributed by atoms with Gasteiger partial charge in [-0.3, -0.25) is 0 Å². The fraction of sp³-hybridized carbons (Fsp3) is 0.818. The molecule has 1 aliphatic rings. The van der Waals surface area contributed by atoms with Crippen LogP contribution in [0.15, 0.2) is 4.42 Å². The second-order valence-corrected chi connectivity index (χ2v) is 4.60. The van der Waals surface area contributed by atoms with Crippen LogP contribution in [0.5, 0.6) is 0 Å². The van der Waals surface area contributed by atoms with Crippen LogP contribution in [-0.2, 0) is 0 Å². The van der Waals surface area contributed by atoms with Crippen molar-refractivity contribution in [2.45, 2.75) is 51.6 Å². The molecule has 2 N–H and O–H groups in total. The molecule has 2 rings (SSSR count). The van der Waals surface area contributed by atoms with Crippen LogP contribution in [0.3, 0.4) is 0 Å². The summed E-state index contributed by atoms with van der Waals surface area (Å²) in [5.41, 5.74) is 5.71. The molecule has 1 aromatic heterocycles. The molecule has 5 heteroatoms. The van der Waals surface area contributed by atoms with E-state index in [0.717, 1.165) is 6.54 Å². The molecule has 2 atom stereocenters. The Hall–Kier alpha value is -1.10. The molecular formula is C11H20N4O. The van der Waals surface area contributed by atoms with E-state index >= 15 is 0 Å². The number of aromatic nitrogens is 2. The van der Waals surface area contributed by atoms with Crippen molar-refractivity contribution in [3.05, 3.63) is 5.89 Å². The number of nitrogens with two attached hydrogens (primary N) is 1. The monoisotopic (exact) mass is 224 g/mol. The summed E-state index contributed by atoms with van der Waals surface area (Å²) in [6, 6.07) is 0.911. The highest BCUT2D eigenvalue weighted by Crippen LogP contribution is 2.23. The lowest BCUT2D eigenvalue weighted by Crippen LogP contribution is -2.32. The highest BCUT2D eigenvalue weighted by Gasteiger charge is 2.22. The van der Waals surface area contributed by atoms with Crippen LogP contribution in [0.25, 0.3) is 0 Å². The summed E-state index contributed by atoms with van der Waals surface area (Å²) in [6.45, 7) is 5.06. The molecule has 5 nitrogen and oxygen atoms in total. The summed E-state index contributed by atoms with van der Waals surface area (Å²) in [4.78, 5) is 2.20. The van der Waals surface area contributed by atoms with Gasteiger partial charge in [-0.25, -0.2) is 0 Å². The summed E-state index contributed by atoms with van der Waals surface area (Å²) >= 11 is 0. The van der Waals surface area contributed by atoms with Crippen molar-refractivity contribution >= 4 is 6.01 Å². The molecule has 90 valence electrons. The van der Waals surface area contributed by atoms with Gasteiger partial charge in [0.1, 0.15) is 0 Å². The van der Waals surface area contributed by atoms with Crippen molar-refractivity contribution in [2.75, 3.05) is 11.4 Å². The molecule has 0 saturated carbocycles. The van der Waals surface area contributed by atoms with E-state index in [-0.39, 0.29) is 6.04 Å². The number of nitrogens with zero attached hydrogens (tertiary/aromatic N) is 3. The third-order valence-electron chi connectivity index (χ3n) is 3.12. The van der Waals surface area contributed by atoms with Crippen molar-refractivity contribution in [1.82, 2.24) is 10.2 Å². The lowest BCUT2D eigenvalue weighted by Gasteiger charge is -2.24. The van der Waals surface area contributed by atoms with E-state index in [9.17, 15) is 0 Å². The molecule has 0 aliphatic carbocycles. The normalized spacial score (nSPS) is 24.2. The van der Waals surface area contributed by atoms with Gasteiger partial charge >= 0.3 is 6.01 Å². The van der Waals surface area contributed by atoms with Gasteiger partial charge in [-0.05, 0) is 26.7 Å². The molecule has 0 aromatic carbocycles. The number of hydrogen-bond donors (Lipinski definition) is 1. The molecule has 1 fully saturated rings. The second kappa shape index (κ2) is 4.82. The first kappa shape index (κ1) is 11.4. The fourth-order valence-corrected chi connectivity index (χ4v) is 2.09. The summed E-state index contributed by atoms with van der Waals surface area (Å²) in [5.74, 6) is 0.520. The average Bonchev–Trinajstić information content (AvgIpc) is 2.63. The maximum Gasteiger partial charge on any atom is 0.318 e.